The Hall–Kier alpha value is -4.04. The molecule has 3 heterocycles. The van der Waals surface area contributed by atoms with Gasteiger partial charge in [0.2, 0.25) is 0 Å². The number of benzene rings is 2. The Labute approximate surface area is 197 Å². The van der Waals surface area contributed by atoms with E-state index in [1.807, 2.05) is 62.5 Å². The molecule has 2 aromatic heterocycles. The molecule has 1 N–H and O–H groups in total. The average molecular weight is 456 g/mol. The zero-order chi connectivity index (χ0) is 23.5. The topological polar surface area (TPSA) is 89.5 Å². The van der Waals surface area contributed by atoms with Gasteiger partial charge in [0.15, 0.2) is 12.4 Å². The second-order valence-corrected chi connectivity index (χ2v) is 8.07. The van der Waals surface area contributed by atoms with Gasteiger partial charge in [-0.05, 0) is 54.4 Å². The third-order valence-electron chi connectivity index (χ3n) is 5.76. The minimum absolute atomic E-state index is 0.000383. The van der Waals surface area contributed by atoms with Crippen LogP contribution in [0.1, 0.15) is 5.69 Å². The van der Waals surface area contributed by atoms with Crippen LogP contribution < -0.4 is 10.1 Å². The van der Waals surface area contributed by atoms with Gasteiger partial charge in [-0.1, -0.05) is 18.2 Å². The van der Waals surface area contributed by atoms with Gasteiger partial charge in [-0.2, -0.15) is 0 Å². The molecule has 0 spiro atoms. The van der Waals surface area contributed by atoms with E-state index in [1.54, 1.807) is 11.1 Å². The fourth-order valence-corrected chi connectivity index (χ4v) is 3.82. The van der Waals surface area contributed by atoms with Crippen LogP contribution in [0.15, 0.2) is 60.8 Å². The minimum atomic E-state index is -0.0727. The van der Waals surface area contributed by atoms with Crippen LogP contribution in [0.5, 0.6) is 5.75 Å². The number of fused-ring (bicyclic) bond motifs is 1. The maximum absolute atomic E-state index is 12.1. The Morgan fingerprint density at radius 1 is 1.06 bits per heavy atom. The second-order valence-electron chi connectivity index (χ2n) is 8.07. The molecule has 8 heteroatoms. The van der Waals surface area contributed by atoms with E-state index in [2.05, 4.69) is 16.4 Å². The van der Waals surface area contributed by atoms with Gasteiger partial charge in [0.25, 0.3) is 5.91 Å². The first-order chi connectivity index (χ1) is 16.6. The van der Waals surface area contributed by atoms with Crippen molar-refractivity contribution < 1.29 is 14.3 Å². The lowest BCUT2D eigenvalue weighted by molar-refractivity contribution is -0.133. The van der Waals surface area contributed by atoms with Crippen molar-refractivity contribution in [2.24, 2.45) is 0 Å². The first kappa shape index (κ1) is 21.8. The summed E-state index contributed by atoms with van der Waals surface area (Å²) in [6.07, 6.45) is 1.79. The molecular weight excluding hydrogens is 430 g/mol. The number of aryl methyl sites for hydroxylation is 1. The number of hydrogen-bond acceptors (Lipinski definition) is 7. The fourth-order valence-electron chi connectivity index (χ4n) is 3.82. The van der Waals surface area contributed by atoms with E-state index in [0.29, 0.717) is 31.5 Å². The Morgan fingerprint density at radius 3 is 2.56 bits per heavy atom. The van der Waals surface area contributed by atoms with Crippen molar-refractivity contribution >= 4 is 22.6 Å². The van der Waals surface area contributed by atoms with Crippen LogP contribution in [0, 0.1) is 6.92 Å². The summed E-state index contributed by atoms with van der Waals surface area (Å²) < 4.78 is 10.9. The SMILES string of the molecule is CNc1nc(-c2ccc(C)nc2)nc2ccc(-c3ccc(OCC(=O)N4CCOC4)cc3)cc12. The first-order valence-electron chi connectivity index (χ1n) is 11.1. The molecular formula is C26H25N5O3. The smallest absolute Gasteiger partial charge is 0.262 e. The van der Waals surface area contributed by atoms with Gasteiger partial charge in [-0.25, -0.2) is 9.97 Å². The van der Waals surface area contributed by atoms with E-state index >= 15 is 0 Å². The van der Waals surface area contributed by atoms with Gasteiger partial charge in [0.05, 0.1) is 12.1 Å². The van der Waals surface area contributed by atoms with E-state index in [1.165, 1.54) is 0 Å². The molecule has 0 atom stereocenters. The summed E-state index contributed by atoms with van der Waals surface area (Å²) >= 11 is 0. The maximum Gasteiger partial charge on any atom is 0.262 e. The number of ether oxygens (including phenoxy) is 2. The van der Waals surface area contributed by atoms with Crippen molar-refractivity contribution in [3.63, 3.8) is 0 Å². The van der Waals surface area contributed by atoms with Crippen molar-refractivity contribution in [3.8, 4) is 28.3 Å². The number of carbonyl (C=O) groups excluding carboxylic acids is 1. The summed E-state index contributed by atoms with van der Waals surface area (Å²) in [6.45, 7) is 3.49. The molecule has 0 unspecified atom stereocenters. The number of amides is 1. The summed E-state index contributed by atoms with van der Waals surface area (Å²) in [7, 11) is 1.85. The predicted octanol–water partition coefficient (Wildman–Crippen LogP) is 3.90. The Balaban J connectivity index is 1.36. The molecule has 34 heavy (non-hydrogen) atoms. The van der Waals surface area contributed by atoms with Gasteiger partial charge in [-0.3, -0.25) is 9.78 Å². The zero-order valence-corrected chi connectivity index (χ0v) is 19.1. The van der Waals surface area contributed by atoms with E-state index in [9.17, 15) is 4.79 Å². The predicted molar refractivity (Wildman–Crippen MR) is 131 cm³/mol. The molecule has 8 nitrogen and oxygen atoms in total. The van der Waals surface area contributed by atoms with Crippen molar-refractivity contribution in [3.05, 3.63) is 66.5 Å². The number of nitrogens with one attached hydrogen (secondary N) is 1. The van der Waals surface area contributed by atoms with Crippen LogP contribution in [0.3, 0.4) is 0 Å². The molecule has 1 amide bonds. The van der Waals surface area contributed by atoms with Crippen LogP contribution in [0.2, 0.25) is 0 Å². The molecule has 5 rings (SSSR count). The highest BCUT2D eigenvalue weighted by atomic mass is 16.5. The van der Waals surface area contributed by atoms with Crippen molar-refractivity contribution in [2.45, 2.75) is 6.92 Å². The third kappa shape index (κ3) is 4.53. The third-order valence-corrected chi connectivity index (χ3v) is 5.76. The minimum Gasteiger partial charge on any atom is -0.484 e. The highest BCUT2D eigenvalue weighted by molar-refractivity contribution is 5.93. The summed E-state index contributed by atoms with van der Waals surface area (Å²) in [5, 5.41) is 4.13. The molecule has 1 saturated heterocycles. The molecule has 1 fully saturated rings. The summed E-state index contributed by atoms with van der Waals surface area (Å²) in [5.74, 6) is 1.96. The molecule has 0 saturated carbocycles. The van der Waals surface area contributed by atoms with E-state index < -0.39 is 0 Å². The van der Waals surface area contributed by atoms with Crippen LogP contribution in [0.4, 0.5) is 5.82 Å². The number of rotatable bonds is 6. The second kappa shape index (κ2) is 9.44. The number of nitrogens with zero attached hydrogens (tertiary/aromatic N) is 4. The number of carbonyl (C=O) groups is 1. The lowest BCUT2D eigenvalue weighted by atomic mass is 10.0. The molecule has 1 aliphatic heterocycles. The lowest BCUT2D eigenvalue weighted by Gasteiger charge is -2.14. The van der Waals surface area contributed by atoms with Gasteiger partial charge < -0.3 is 19.7 Å². The summed E-state index contributed by atoms with van der Waals surface area (Å²) in [4.78, 5) is 27.6. The zero-order valence-electron chi connectivity index (χ0n) is 19.1. The van der Waals surface area contributed by atoms with Gasteiger partial charge in [0.1, 0.15) is 18.3 Å². The largest absolute Gasteiger partial charge is 0.484 e. The normalized spacial score (nSPS) is 13.3. The molecule has 0 bridgehead atoms. The van der Waals surface area contributed by atoms with Crippen LogP contribution in [-0.2, 0) is 9.53 Å². The average Bonchev–Trinajstić information content (AvgIpc) is 3.42. The number of pyridine rings is 1. The maximum atomic E-state index is 12.1. The summed E-state index contributed by atoms with van der Waals surface area (Å²) in [6, 6.07) is 17.7. The lowest BCUT2D eigenvalue weighted by Crippen LogP contribution is -2.32. The molecule has 172 valence electrons. The van der Waals surface area contributed by atoms with Crippen LogP contribution in [-0.4, -0.2) is 59.3 Å². The van der Waals surface area contributed by atoms with Crippen molar-refractivity contribution in [1.82, 2.24) is 19.9 Å². The van der Waals surface area contributed by atoms with Gasteiger partial charge >= 0.3 is 0 Å². The Morgan fingerprint density at radius 2 is 1.85 bits per heavy atom. The Kier molecular flexibility index (Phi) is 6.05. The van der Waals surface area contributed by atoms with Crippen LogP contribution in [0.25, 0.3) is 33.4 Å². The highest BCUT2D eigenvalue weighted by Crippen LogP contribution is 2.30. The standard InChI is InChI=1S/C26H25N5O3/c1-17-3-4-20(14-28-17)25-29-23-10-7-19(13-22(23)26(27-2)30-25)18-5-8-21(9-6-18)34-15-24(32)31-11-12-33-16-31/h3-10,13-14H,11-12,15-16H2,1-2H3,(H,27,29,30). The molecule has 1 aliphatic rings. The molecule has 0 radical (unpaired) electrons. The van der Waals surface area contributed by atoms with Crippen LogP contribution >= 0.6 is 0 Å². The van der Waals surface area contributed by atoms with E-state index in [0.717, 1.165) is 39.1 Å². The number of aromatic nitrogens is 3. The fraction of sp³-hybridized carbons (Fsp3) is 0.231. The highest BCUT2D eigenvalue weighted by Gasteiger charge is 2.18. The van der Waals surface area contributed by atoms with Crippen molar-refractivity contribution in [1.29, 1.82) is 0 Å². The Bertz CT molecular complexity index is 1320. The van der Waals surface area contributed by atoms with Crippen molar-refractivity contribution in [2.75, 3.05) is 38.9 Å². The van der Waals surface area contributed by atoms with E-state index in [4.69, 9.17) is 19.4 Å². The summed E-state index contributed by atoms with van der Waals surface area (Å²) in [5.41, 5.74) is 4.74. The first-order valence-corrected chi connectivity index (χ1v) is 11.1. The monoisotopic (exact) mass is 455 g/mol. The number of hydrogen-bond donors (Lipinski definition) is 1. The molecule has 0 aliphatic carbocycles. The van der Waals surface area contributed by atoms with E-state index in [-0.39, 0.29) is 12.5 Å². The quantitative estimate of drug-likeness (QED) is 0.472. The molecule has 4 aromatic rings. The molecule has 2 aromatic carbocycles. The number of anilines is 1. The van der Waals surface area contributed by atoms with Gasteiger partial charge in [0, 0.05) is 36.4 Å². The van der Waals surface area contributed by atoms with Gasteiger partial charge in [-0.15, -0.1) is 0 Å².